The van der Waals surface area contributed by atoms with E-state index in [2.05, 4.69) is 0 Å². The molecule has 0 atom stereocenters. The summed E-state index contributed by atoms with van der Waals surface area (Å²) in [5, 5.41) is 10.2. The third kappa shape index (κ3) is 5.88. The molecule has 0 bridgehead atoms. The molecule has 1 aromatic heterocycles. The zero-order valence-electron chi connectivity index (χ0n) is 18.8. The second kappa shape index (κ2) is 10.9. The molecular formula is C27H23ClN2O5. The first-order valence-electron chi connectivity index (χ1n) is 11.0. The Kier molecular flexibility index (Phi) is 7.48. The number of ether oxygens (including phenoxy) is 1. The van der Waals surface area contributed by atoms with Crippen molar-refractivity contribution in [3.63, 3.8) is 0 Å². The lowest BCUT2D eigenvalue weighted by atomic mass is 10.2. The maximum atomic E-state index is 12.0. The van der Waals surface area contributed by atoms with E-state index in [1.54, 1.807) is 18.3 Å². The zero-order chi connectivity index (χ0) is 24.8. The Morgan fingerprint density at radius 2 is 1.60 bits per heavy atom. The molecule has 1 N–H and O–H groups in total. The Morgan fingerprint density at radius 1 is 0.914 bits per heavy atom. The molecule has 5 rings (SSSR count). The fraction of sp³-hybridized carbons (Fsp3) is 0.148. The van der Waals surface area contributed by atoms with Crippen LogP contribution >= 0.6 is 11.6 Å². The van der Waals surface area contributed by atoms with Crippen LogP contribution in [0.5, 0.6) is 0 Å². The maximum Gasteiger partial charge on any atom is 0.326 e. The minimum absolute atomic E-state index is 0.145. The number of hydrogen-bond acceptors (Lipinski definition) is 4. The molecule has 1 aliphatic rings. The number of amides is 1. The number of benzene rings is 3. The van der Waals surface area contributed by atoms with Crippen molar-refractivity contribution in [2.75, 3.05) is 11.4 Å². The highest BCUT2D eigenvalue weighted by Gasteiger charge is 2.27. The summed E-state index contributed by atoms with van der Waals surface area (Å²) in [6, 6.07) is 24.6. The first kappa shape index (κ1) is 24.0. The van der Waals surface area contributed by atoms with Gasteiger partial charge in [0.2, 0.25) is 5.91 Å². The van der Waals surface area contributed by atoms with Gasteiger partial charge < -0.3 is 19.3 Å². The number of nitrogens with zero attached hydrogens (tertiary/aromatic N) is 2. The molecule has 0 aliphatic carbocycles. The predicted octanol–water partition coefficient (Wildman–Crippen LogP) is 4.70. The predicted molar refractivity (Wildman–Crippen MR) is 133 cm³/mol. The molecular weight excluding hydrogens is 468 g/mol. The molecule has 0 saturated carbocycles. The second-order valence-corrected chi connectivity index (χ2v) is 8.35. The van der Waals surface area contributed by atoms with E-state index in [9.17, 15) is 14.4 Å². The Balaban J connectivity index is 0.000000179. The number of halogens is 1. The minimum atomic E-state index is -0.991. The van der Waals surface area contributed by atoms with E-state index >= 15 is 0 Å². The van der Waals surface area contributed by atoms with Gasteiger partial charge in [0.25, 0.3) is 0 Å². The van der Waals surface area contributed by atoms with Gasteiger partial charge in [0.15, 0.2) is 0 Å². The van der Waals surface area contributed by atoms with Crippen molar-refractivity contribution in [1.29, 1.82) is 0 Å². The third-order valence-corrected chi connectivity index (χ3v) is 5.80. The number of para-hydroxylation sites is 2. The number of fused-ring (bicyclic) bond motifs is 2. The number of carboxylic acid groups (broad SMARTS) is 1. The van der Waals surface area contributed by atoms with Gasteiger partial charge in [0.1, 0.15) is 19.7 Å². The number of aliphatic carboxylic acids is 1. The van der Waals surface area contributed by atoms with Gasteiger partial charge in [-0.15, -0.1) is 0 Å². The average Bonchev–Trinajstić information content (AvgIpc) is 3.34. The van der Waals surface area contributed by atoms with Crippen LogP contribution in [0.2, 0.25) is 5.02 Å². The number of carbonyl (C=O) groups is 3. The fourth-order valence-corrected chi connectivity index (χ4v) is 4.16. The van der Waals surface area contributed by atoms with Crippen LogP contribution in [0.1, 0.15) is 11.1 Å². The van der Waals surface area contributed by atoms with Gasteiger partial charge in [0, 0.05) is 17.3 Å². The number of hydrogen-bond donors (Lipinski definition) is 1. The van der Waals surface area contributed by atoms with Crippen LogP contribution in [0.15, 0.2) is 85.1 Å². The van der Waals surface area contributed by atoms with Gasteiger partial charge in [-0.3, -0.25) is 14.4 Å². The van der Waals surface area contributed by atoms with Gasteiger partial charge >= 0.3 is 11.9 Å². The van der Waals surface area contributed by atoms with E-state index in [1.165, 1.54) is 4.90 Å². The molecule has 178 valence electrons. The van der Waals surface area contributed by atoms with E-state index in [0.717, 1.165) is 27.7 Å². The van der Waals surface area contributed by atoms with Crippen molar-refractivity contribution in [2.24, 2.45) is 0 Å². The summed E-state index contributed by atoms with van der Waals surface area (Å²) in [6.45, 7) is 0.183. The lowest BCUT2D eigenvalue weighted by molar-refractivity contribution is -0.145. The highest BCUT2D eigenvalue weighted by Crippen LogP contribution is 2.28. The number of aromatic nitrogens is 1. The van der Waals surface area contributed by atoms with Crippen molar-refractivity contribution in [3.8, 4) is 0 Å². The molecule has 7 nitrogen and oxygen atoms in total. The number of carbonyl (C=O) groups excluding carboxylic acids is 2. The maximum absolute atomic E-state index is 12.0. The van der Waals surface area contributed by atoms with E-state index in [4.69, 9.17) is 21.4 Å². The molecule has 1 amide bonds. The Morgan fingerprint density at radius 3 is 2.37 bits per heavy atom. The quantitative estimate of drug-likeness (QED) is 0.396. The van der Waals surface area contributed by atoms with Gasteiger partial charge in [0.05, 0.1) is 17.0 Å². The smallest absolute Gasteiger partial charge is 0.326 e. The molecule has 0 unspecified atom stereocenters. The van der Waals surface area contributed by atoms with Crippen LogP contribution in [0.25, 0.3) is 10.9 Å². The van der Waals surface area contributed by atoms with Crippen molar-refractivity contribution >= 4 is 46.0 Å². The number of esters is 1. The summed E-state index contributed by atoms with van der Waals surface area (Å²) in [5.41, 5.74) is 3.53. The van der Waals surface area contributed by atoms with Gasteiger partial charge in [-0.25, -0.2) is 0 Å². The van der Waals surface area contributed by atoms with E-state index < -0.39 is 5.97 Å². The zero-order valence-corrected chi connectivity index (χ0v) is 19.5. The third-order valence-electron chi connectivity index (χ3n) is 5.50. The number of rotatable bonds is 6. The molecule has 3 aromatic carbocycles. The summed E-state index contributed by atoms with van der Waals surface area (Å²) >= 11 is 6.16. The standard InChI is InChI=1S/C17H14ClNO2.C10H9NO3/c18-15-10-19(16-9-5-4-8-14(15)16)11-17(20)21-12-13-6-2-1-3-7-13;12-9-5-7-3-1-2-4-8(7)11(9)6-10(13)14/h1-10H,11-12H2;1-4H,5-6H2,(H,13,14). The topological polar surface area (TPSA) is 88.8 Å². The molecule has 4 aromatic rings. The summed E-state index contributed by atoms with van der Waals surface area (Å²) < 4.78 is 7.10. The summed E-state index contributed by atoms with van der Waals surface area (Å²) in [6.07, 6.45) is 2.07. The minimum Gasteiger partial charge on any atom is -0.480 e. The summed E-state index contributed by atoms with van der Waals surface area (Å²) in [7, 11) is 0. The van der Waals surface area contributed by atoms with Crippen LogP contribution in [-0.2, 0) is 38.7 Å². The monoisotopic (exact) mass is 490 g/mol. The lowest BCUT2D eigenvalue weighted by Crippen LogP contribution is -2.32. The normalized spacial score (nSPS) is 12.1. The largest absolute Gasteiger partial charge is 0.480 e. The molecule has 8 heteroatoms. The lowest BCUT2D eigenvalue weighted by Gasteiger charge is -2.13. The Labute approximate surface area is 207 Å². The van der Waals surface area contributed by atoms with Crippen LogP contribution in [0.3, 0.4) is 0 Å². The average molecular weight is 491 g/mol. The SMILES string of the molecule is O=C(Cn1cc(Cl)c2ccccc21)OCc1ccccc1.O=C(O)CN1C(=O)Cc2ccccc21. The van der Waals surface area contributed by atoms with E-state index in [-0.39, 0.29) is 31.6 Å². The molecule has 1 aliphatic heterocycles. The van der Waals surface area contributed by atoms with Gasteiger partial charge in [-0.05, 0) is 23.3 Å². The van der Waals surface area contributed by atoms with E-state index in [0.29, 0.717) is 11.4 Å². The van der Waals surface area contributed by atoms with Crippen LogP contribution in [0, 0.1) is 0 Å². The van der Waals surface area contributed by atoms with Gasteiger partial charge in [-0.1, -0.05) is 78.3 Å². The van der Waals surface area contributed by atoms with Crippen LogP contribution < -0.4 is 4.90 Å². The van der Waals surface area contributed by atoms with Crippen molar-refractivity contribution < 1.29 is 24.2 Å². The molecule has 35 heavy (non-hydrogen) atoms. The second-order valence-electron chi connectivity index (χ2n) is 7.95. The van der Waals surface area contributed by atoms with Crippen molar-refractivity contribution in [2.45, 2.75) is 19.6 Å². The van der Waals surface area contributed by atoms with E-state index in [1.807, 2.05) is 71.3 Å². The summed E-state index contributed by atoms with van der Waals surface area (Å²) in [5.74, 6) is -1.42. The first-order chi connectivity index (χ1) is 16.9. The molecule has 2 heterocycles. The van der Waals surface area contributed by atoms with Crippen molar-refractivity contribution in [3.05, 3.63) is 101 Å². The number of anilines is 1. The molecule has 0 fully saturated rings. The highest BCUT2D eigenvalue weighted by atomic mass is 35.5. The van der Waals surface area contributed by atoms with Crippen LogP contribution in [0.4, 0.5) is 5.69 Å². The van der Waals surface area contributed by atoms with Crippen molar-refractivity contribution in [1.82, 2.24) is 4.57 Å². The highest BCUT2D eigenvalue weighted by molar-refractivity contribution is 6.35. The Bertz CT molecular complexity index is 1370. The Hall–Kier alpha value is -4.10. The van der Waals surface area contributed by atoms with Gasteiger partial charge in [-0.2, -0.15) is 0 Å². The molecule has 0 spiro atoms. The summed E-state index contributed by atoms with van der Waals surface area (Å²) in [4.78, 5) is 35.2. The molecule has 0 radical (unpaired) electrons. The van der Waals surface area contributed by atoms with Crippen LogP contribution in [-0.4, -0.2) is 34.1 Å². The molecule has 0 saturated heterocycles. The fourth-order valence-electron chi connectivity index (χ4n) is 3.88. The number of carboxylic acids is 1. The first-order valence-corrected chi connectivity index (χ1v) is 11.3.